The average Bonchev–Trinajstić information content (AvgIpc) is 1.79. The smallest absolute Gasteiger partial charge is 0.374 e. The molecule has 0 saturated heterocycles. The number of carboxylic acids is 1. The Morgan fingerprint density at radius 2 is 2.09 bits per heavy atom. The molecule has 0 unspecified atom stereocenters. The normalized spacial score (nSPS) is 19.5. The van der Waals surface area contributed by atoms with E-state index in [9.17, 15) is 13.6 Å². The lowest BCUT2D eigenvalue weighted by atomic mass is 9.81. The summed E-state index contributed by atoms with van der Waals surface area (Å²) in [6.07, 6.45) is 1.98. The van der Waals surface area contributed by atoms with Crippen LogP contribution >= 0.6 is 0 Å². The van der Waals surface area contributed by atoms with Gasteiger partial charge in [-0.15, -0.1) is 0 Å². The largest absolute Gasteiger partial charge is 0.477 e. The SMILES string of the molecule is O=C(O)C(F)(F)CC1CCC1. The highest BCUT2D eigenvalue weighted by Gasteiger charge is 2.42. The second-order valence-electron chi connectivity index (χ2n) is 3.01. The Morgan fingerprint density at radius 3 is 2.36 bits per heavy atom. The third kappa shape index (κ3) is 1.88. The van der Waals surface area contributed by atoms with Crippen molar-refractivity contribution in [2.45, 2.75) is 31.6 Å². The van der Waals surface area contributed by atoms with Gasteiger partial charge >= 0.3 is 11.9 Å². The topological polar surface area (TPSA) is 37.3 Å². The van der Waals surface area contributed by atoms with Gasteiger partial charge in [-0.25, -0.2) is 4.79 Å². The van der Waals surface area contributed by atoms with Crippen LogP contribution in [0.5, 0.6) is 0 Å². The average molecular weight is 164 g/mol. The van der Waals surface area contributed by atoms with E-state index in [2.05, 4.69) is 0 Å². The van der Waals surface area contributed by atoms with E-state index in [-0.39, 0.29) is 5.92 Å². The predicted molar refractivity (Wildman–Crippen MR) is 34.5 cm³/mol. The Kier molecular flexibility index (Phi) is 2.11. The number of aliphatic carboxylic acids is 1. The van der Waals surface area contributed by atoms with Crippen molar-refractivity contribution in [1.82, 2.24) is 0 Å². The van der Waals surface area contributed by atoms with Crippen LogP contribution in [0.25, 0.3) is 0 Å². The Bertz CT molecular complexity index is 164. The zero-order chi connectivity index (χ0) is 8.48. The molecule has 0 spiro atoms. The van der Waals surface area contributed by atoms with Gasteiger partial charge in [-0.05, 0) is 5.92 Å². The molecule has 1 aliphatic carbocycles. The maximum Gasteiger partial charge on any atom is 0.374 e. The first-order valence-corrected chi connectivity index (χ1v) is 3.63. The van der Waals surface area contributed by atoms with Crippen molar-refractivity contribution in [1.29, 1.82) is 0 Å². The summed E-state index contributed by atoms with van der Waals surface area (Å²) in [5, 5.41) is 8.06. The highest BCUT2D eigenvalue weighted by atomic mass is 19.3. The summed E-state index contributed by atoms with van der Waals surface area (Å²) in [4.78, 5) is 9.95. The van der Waals surface area contributed by atoms with Gasteiger partial charge in [-0.2, -0.15) is 8.78 Å². The highest BCUT2D eigenvalue weighted by molar-refractivity contribution is 5.75. The molecule has 0 aromatic heterocycles. The van der Waals surface area contributed by atoms with Gasteiger partial charge in [0.25, 0.3) is 0 Å². The van der Waals surface area contributed by atoms with Gasteiger partial charge < -0.3 is 5.11 Å². The van der Waals surface area contributed by atoms with Gasteiger partial charge in [0, 0.05) is 6.42 Å². The van der Waals surface area contributed by atoms with Crippen LogP contribution in [0.15, 0.2) is 0 Å². The Hall–Kier alpha value is -0.670. The lowest BCUT2D eigenvalue weighted by Crippen LogP contribution is -2.32. The number of alkyl halides is 2. The predicted octanol–water partition coefficient (Wildman–Crippen LogP) is 1.90. The first-order chi connectivity index (χ1) is 5.02. The van der Waals surface area contributed by atoms with Crippen molar-refractivity contribution in [3.05, 3.63) is 0 Å². The van der Waals surface area contributed by atoms with Gasteiger partial charge in [0.2, 0.25) is 0 Å². The summed E-state index contributed by atoms with van der Waals surface area (Å²) >= 11 is 0. The van der Waals surface area contributed by atoms with E-state index in [0.717, 1.165) is 19.3 Å². The molecule has 11 heavy (non-hydrogen) atoms. The number of hydrogen-bond donors (Lipinski definition) is 1. The molecule has 1 rings (SSSR count). The van der Waals surface area contributed by atoms with Gasteiger partial charge in [0.15, 0.2) is 0 Å². The second-order valence-corrected chi connectivity index (χ2v) is 3.01. The summed E-state index contributed by atoms with van der Waals surface area (Å²) in [5.41, 5.74) is 0. The van der Waals surface area contributed by atoms with Gasteiger partial charge in [-0.1, -0.05) is 19.3 Å². The van der Waals surface area contributed by atoms with E-state index in [0.29, 0.717) is 0 Å². The van der Waals surface area contributed by atoms with Gasteiger partial charge in [0.1, 0.15) is 0 Å². The summed E-state index contributed by atoms with van der Waals surface area (Å²) in [5.74, 6) is -5.57. The van der Waals surface area contributed by atoms with Crippen LogP contribution in [0.1, 0.15) is 25.7 Å². The Morgan fingerprint density at radius 1 is 1.55 bits per heavy atom. The van der Waals surface area contributed by atoms with Crippen molar-refractivity contribution < 1.29 is 18.7 Å². The van der Waals surface area contributed by atoms with Crippen LogP contribution < -0.4 is 0 Å². The third-order valence-electron chi connectivity index (χ3n) is 2.08. The summed E-state index contributed by atoms with van der Waals surface area (Å²) in [7, 11) is 0. The van der Waals surface area contributed by atoms with Gasteiger partial charge in [0.05, 0.1) is 0 Å². The van der Waals surface area contributed by atoms with Crippen LogP contribution in [0.2, 0.25) is 0 Å². The molecule has 0 bridgehead atoms. The molecule has 2 nitrogen and oxygen atoms in total. The van der Waals surface area contributed by atoms with E-state index in [1.165, 1.54) is 0 Å². The zero-order valence-corrected chi connectivity index (χ0v) is 6.02. The molecule has 0 heterocycles. The van der Waals surface area contributed by atoms with Crippen LogP contribution in [0, 0.1) is 5.92 Å². The van der Waals surface area contributed by atoms with Crippen LogP contribution in [-0.2, 0) is 4.79 Å². The first kappa shape index (κ1) is 8.43. The van der Waals surface area contributed by atoms with Gasteiger partial charge in [-0.3, -0.25) is 0 Å². The van der Waals surface area contributed by atoms with Crippen molar-refractivity contribution in [3.8, 4) is 0 Å². The van der Waals surface area contributed by atoms with Crippen LogP contribution in [0.3, 0.4) is 0 Å². The third-order valence-corrected chi connectivity index (χ3v) is 2.08. The molecule has 1 aliphatic rings. The highest BCUT2D eigenvalue weighted by Crippen LogP contribution is 2.36. The summed E-state index contributed by atoms with van der Waals surface area (Å²) in [6, 6.07) is 0. The van der Waals surface area contributed by atoms with E-state index in [1.54, 1.807) is 0 Å². The number of hydrogen-bond acceptors (Lipinski definition) is 1. The fourth-order valence-corrected chi connectivity index (χ4v) is 1.15. The molecule has 1 fully saturated rings. The summed E-state index contributed by atoms with van der Waals surface area (Å²) < 4.78 is 24.8. The van der Waals surface area contributed by atoms with E-state index >= 15 is 0 Å². The minimum atomic E-state index is -3.51. The van der Waals surface area contributed by atoms with Crippen molar-refractivity contribution in [2.75, 3.05) is 0 Å². The maximum atomic E-state index is 12.4. The minimum Gasteiger partial charge on any atom is -0.477 e. The fourth-order valence-electron chi connectivity index (χ4n) is 1.15. The summed E-state index contributed by atoms with van der Waals surface area (Å²) in [6.45, 7) is 0. The monoisotopic (exact) mass is 164 g/mol. The molecule has 0 amide bonds. The lowest BCUT2D eigenvalue weighted by Gasteiger charge is -2.27. The molecular weight excluding hydrogens is 154 g/mol. The lowest BCUT2D eigenvalue weighted by molar-refractivity contribution is -0.168. The number of carboxylic acid groups (broad SMARTS) is 1. The molecule has 1 N–H and O–H groups in total. The molecule has 0 aliphatic heterocycles. The molecule has 1 saturated carbocycles. The first-order valence-electron chi connectivity index (χ1n) is 3.63. The molecule has 0 aromatic rings. The quantitative estimate of drug-likeness (QED) is 0.691. The molecular formula is C7H10F2O2. The van der Waals surface area contributed by atoms with Crippen molar-refractivity contribution >= 4 is 5.97 Å². The van der Waals surface area contributed by atoms with Crippen LogP contribution in [0.4, 0.5) is 8.78 Å². The number of carbonyl (C=O) groups is 1. The molecule has 0 aromatic carbocycles. The number of halogens is 2. The van der Waals surface area contributed by atoms with E-state index in [4.69, 9.17) is 5.11 Å². The number of rotatable bonds is 3. The molecule has 64 valence electrons. The van der Waals surface area contributed by atoms with E-state index in [1.807, 2.05) is 0 Å². The fraction of sp³-hybridized carbons (Fsp3) is 0.857. The molecule has 0 radical (unpaired) electrons. The Labute approximate surface area is 63.2 Å². The van der Waals surface area contributed by atoms with Crippen molar-refractivity contribution in [2.24, 2.45) is 5.92 Å². The van der Waals surface area contributed by atoms with Crippen LogP contribution in [-0.4, -0.2) is 17.0 Å². The Balaban J connectivity index is 2.38. The zero-order valence-electron chi connectivity index (χ0n) is 6.02. The van der Waals surface area contributed by atoms with E-state index < -0.39 is 18.3 Å². The molecule has 0 atom stereocenters. The minimum absolute atomic E-state index is 0.0684. The molecule has 4 heteroatoms. The van der Waals surface area contributed by atoms with Crippen molar-refractivity contribution in [3.63, 3.8) is 0 Å². The maximum absolute atomic E-state index is 12.4. The second kappa shape index (κ2) is 2.75. The standard InChI is InChI=1S/C7H10F2O2/c8-7(9,6(10)11)4-5-2-1-3-5/h5H,1-4H2,(H,10,11).